The molecule has 2 fully saturated rings. The number of esters is 1. The molecule has 2 rings (SSSR count). The van der Waals surface area contributed by atoms with Crippen molar-refractivity contribution in [3.8, 4) is 0 Å². The summed E-state index contributed by atoms with van der Waals surface area (Å²) in [5.74, 6) is -3.38. The number of aliphatic hydroxyl groups is 1. The van der Waals surface area contributed by atoms with Crippen molar-refractivity contribution >= 4 is 5.97 Å². The quantitative estimate of drug-likeness (QED) is 0.529. The van der Waals surface area contributed by atoms with Crippen LogP contribution in [0.3, 0.4) is 0 Å². The Kier molecular flexibility index (Phi) is 5.34. The number of carbonyl (C=O) groups is 1. The predicted octanol–water partition coefficient (Wildman–Crippen LogP) is 4.72. The number of ether oxygens (including phenoxy) is 1. The van der Waals surface area contributed by atoms with Crippen LogP contribution < -0.4 is 0 Å². The molecule has 0 heterocycles. The van der Waals surface area contributed by atoms with Crippen molar-refractivity contribution in [2.75, 3.05) is 0 Å². The van der Waals surface area contributed by atoms with Gasteiger partial charge >= 0.3 is 18.3 Å². The highest BCUT2D eigenvalue weighted by molar-refractivity contribution is 5.79. The molecule has 2 aliphatic rings. The zero-order valence-corrected chi connectivity index (χ0v) is 15.2. The number of rotatable bonds is 5. The number of fused-ring (bicyclic) bond motifs is 2. The van der Waals surface area contributed by atoms with Crippen LogP contribution in [0.2, 0.25) is 0 Å². The van der Waals surface area contributed by atoms with Crippen LogP contribution in [0.4, 0.5) is 30.7 Å². The van der Waals surface area contributed by atoms with Gasteiger partial charge in [-0.2, -0.15) is 26.3 Å². The lowest BCUT2D eigenvalue weighted by Crippen LogP contribution is -2.59. The molecule has 158 valence electrons. The van der Waals surface area contributed by atoms with Crippen molar-refractivity contribution in [1.29, 1.82) is 0 Å². The molecule has 3 nitrogen and oxygen atoms in total. The Bertz CT molecular complexity index is 570. The normalized spacial score (nSPS) is 33.8. The summed E-state index contributed by atoms with van der Waals surface area (Å²) in [5, 5.41) is 9.47. The van der Waals surface area contributed by atoms with Crippen molar-refractivity contribution in [3.63, 3.8) is 0 Å². The summed E-state index contributed by atoms with van der Waals surface area (Å²) in [7, 11) is 0. The van der Waals surface area contributed by atoms with Crippen molar-refractivity contribution in [1.82, 2.24) is 0 Å². The molecule has 0 aromatic heterocycles. The highest BCUT2D eigenvalue weighted by atomic mass is 19.4. The Labute approximate surface area is 152 Å². The van der Waals surface area contributed by atoms with E-state index < -0.39 is 53.4 Å². The maximum Gasteiger partial charge on any atom is 0.426 e. The molecule has 5 unspecified atom stereocenters. The molecule has 0 aromatic carbocycles. The summed E-state index contributed by atoms with van der Waals surface area (Å²) in [6.07, 6.45) is -12.9. The fourth-order valence-corrected chi connectivity index (χ4v) is 4.46. The molecule has 27 heavy (non-hydrogen) atoms. The Balaban J connectivity index is 2.23. The third kappa shape index (κ3) is 3.78. The first-order valence-corrected chi connectivity index (χ1v) is 8.75. The first-order valence-electron chi connectivity index (χ1n) is 8.75. The maximum absolute atomic E-state index is 14.1. The summed E-state index contributed by atoms with van der Waals surface area (Å²) in [6, 6.07) is 0. The monoisotopic (exact) mass is 408 g/mol. The Morgan fingerprint density at radius 3 is 2.04 bits per heavy atom. The molecule has 2 bridgehead atoms. The van der Waals surface area contributed by atoms with E-state index in [2.05, 4.69) is 0 Å². The number of hydrogen-bond donors (Lipinski definition) is 1. The first-order chi connectivity index (χ1) is 12.0. The van der Waals surface area contributed by atoms with Gasteiger partial charge in [-0.3, -0.25) is 0 Å². The van der Waals surface area contributed by atoms with Crippen LogP contribution in [0.15, 0.2) is 0 Å². The zero-order valence-electron chi connectivity index (χ0n) is 15.2. The van der Waals surface area contributed by atoms with Gasteiger partial charge in [0.1, 0.15) is 5.60 Å². The third-order valence-electron chi connectivity index (χ3n) is 6.18. The second kappa shape index (κ2) is 6.49. The van der Waals surface area contributed by atoms with E-state index >= 15 is 0 Å². The van der Waals surface area contributed by atoms with Crippen molar-refractivity contribution in [2.24, 2.45) is 17.8 Å². The van der Waals surface area contributed by atoms with Gasteiger partial charge in [-0.15, -0.1) is 0 Å². The molecule has 0 aliphatic heterocycles. The molecule has 5 atom stereocenters. The number of carbonyl (C=O) groups excluding carboxylic acids is 1. The van der Waals surface area contributed by atoms with Crippen LogP contribution >= 0.6 is 0 Å². The first kappa shape index (κ1) is 22.2. The highest BCUT2D eigenvalue weighted by Gasteiger charge is 2.72. The van der Waals surface area contributed by atoms with Crippen molar-refractivity contribution in [3.05, 3.63) is 0 Å². The van der Waals surface area contributed by atoms with Gasteiger partial charge in [0.15, 0.2) is 0 Å². The van der Waals surface area contributed by atoms with E-state index in [0.717, 1.165) is 6.92 Å². The molecule has 10 heteroatoms. The van der Waals surface area contributed by atoms with Gasteiger partial charge < -0.3 is 9.84 Å². The summed E-state index contributed by atoms with van der Waals surface area (Å²) < 4.78 is 97.4. The van der Waals surface area contributed by atoms with Gasteiger partial charge in [0.25, 0.3) is 5.60 Å². The summed E-state index contributed by atoms with van der Waals surface area (Å²) in [5.41, 5.74) is -8.48. The van der Waals surface area contributed by atoms with Gasteiger partial charge in [0, 0.05) is 5.92 Å². The lowest BCUT2D eigenvalue weighted by molar-refractivity contribution is -0.374. The van der Waals surface area contributed by atoms with E-state index in [1.54, 1.807) is 0 Å². The minimum absolute atomic E-state index is 0.0624. The lowest BCUT2D eigenvalue weighted by atomic mass is 9.73. The van der Waals surface area contributed by atoms with Gasteiger partial charge in [-0.1, -0.05) is 6.92 Å². The Hall–Kier alpha value is -1.06. The number of alkyl halides is 7. The number of halogens is 7. The second-order valence-corrected chi connectivity index (χ2v) is 8.22. The fraction of sp³-hybridized carbons (Fsp3) is 0.941. The average Bonchev–Trinajstić information content (AvgIpc) is 3.01. The minimum Gasteiger partial charge on any atom is -0.457 e. The Morgan fingerprint density at radius 2 is 1.63 bits per heavy atom. The number of hydrogen-bond acceptors (Lipinski definition) is 3. The maximum atomic E-state index is 14.1. The average molecular weight is 408 g/mol. The molecule has 2 saturated carbocycles. The zero-order chi connectivity index (χ0) is 21.1. The predicted molar refractivity (Wildman–Crippen MR) is 80.3 cm³/mol. The van der Waals surface area contributed by atoms with E-state index in [1.165, 1.54) is 13.8 Å². The van der Waals surface area contributed by atoms with Gasteiger partial charge in [-0.25, -0.2) is 9.18 Å². The molecule has 0 saturated heterocycles. The molecule has 2 aliphatic carbocycles. The molecule has 0 aromatic rings. The van der Waals surface area contributed by atoms with Crippen LogP contribution in [0, 0.1) is 17.8 Å². The summed E-state index contributed by atoms with van der Waals surface area (Å²) in [4.78, 5) is 12.0. The van der Waals surface area contributed by atoms with Crippen LogP contribution in [-0.4, -0.2) is 40.3 Å². The van der Waals surface area contributed by atoms with E-state index in [4.69, 9.17) is 4.74 Å². The van der Waals surface area contributed by atoms with Crippen LogP contribution in [0.1, 0.15) is 52.9 Å². The summed E-state index contributed by atoms with van der Waals surface area (Å²) >= 11 is 0. The van der Waals surface area contributed by atoms with E-state index in [-0.39, 0.29) is 31.6 Å². The highest BCUT2D eigenvalue weighted by Crippen LogP contribution is 2.59. The van der Waals surface area contributed by atoms with Crippen LogP contribution in [0.25, 0.3) is 0 Å². The minimum atomic E-state index is -5.89. The fourth-order valence-electron chi connectivity index (χ4n) is 4.46. The van der Waals surface area contributed by atoms with Crippen LogP contribution in [0.5, 0.6) is 0 Å². The van der Waals surface area contributed by atoms with Gasteiger partial charge in [-0.05, 0) is 57.8 Å². The largest absolute Gasteiger partial charge is 0.457 e. The smallest absolute Gasteiger partial charge is 0.426 e. The summed E-state index contributed by atoms with van der Waals surface area (Å²) in [6.45, 7) is 3.84. The van der Waals surface area contributed by atoms with E-state index in [0.29, 0.717) is 0 Å². The molecule has 1 N–H and O–H groups in total. The van der Waals surface area contributed by atoms with E-state index in [1.807, 2.05) is 0 Å². The second-order valence-electron chi connectivity index (χ2n) is 8.22. The van der Waals surface area contributed by atoms with Crippen molar-refractivity contribution < 1.29 is 45.4 Å². The van der Waals surface area contributed by atoms with Gasteiger partial charge in [0.05, 0.1) is 0 Å². The van der Waals surface area contributed by atoms with Crippen molar-refractivity contribution in [2.45, 2.75) is 82.1 Å². The molecule has 0 radical (unpaired) electrons. The molecule has 0 amide bonds. The van der Waals surface area contributed by atoms with Crippen LogP contribution in [-0.2, 0) is 9.53 Å². The topological polar surface area (TPSA) is 46.5 Å². The molecule has 0 spiro atoms. The standard InChI is InChI=1S/C17H23F7O3/c1-4-13(2,18)12(25)27-14(3)7-9-5-10(11(14)6-9)8-15(26,16(19,20)21)17(22,23)24/h9-11,26H,4-8H2,1-3H3. The SMILES string of the molecule is CCC(C)(F)C(=O)OC1(C)CC2CC(CC(O)(C(F)(F)F)C(F)(F)F)C1C2. The molecular weight excluding hydrogens is 385 g/mol. The van der Waals surface area contributed by atoms with E-state index in [9.17, 15) is 40.6 Å². The lowest BCUT2D eigenvalue weighted by Gasteiger charge is -2.42. The third-order valence-corrected chi connectivity index (χ3v) is 6.18. The molecular formula is C17H23F7O3. The Morgan fingerprint density at radius 1 is 1.11 bits per heavy atom. The van der Waals surface area contributed by atoms with Gasteiger partial charge in [0.2, 0.25) is 5.67 Å².